The maximum atomic E-state index is 11.7. The van der Waals surface area contributed by atoms with Crippen molar-refractivity contribution in [2.75, 3.05) is 0 Å². The SMILES string of the molecule is O=c1ccc([N+](=O)[O-])cn1Cc1nc(-c2ccc(Cl)cc2)no1. The molecule has 0 spiro atoms. The number of hydrogen-bond donors (Lipinski definition) is 0. The Hall–Kier alpha value is -3.00. The Labute approximate surface area is 134 Å². The van der Waals surface area contributed by atoms with Gasteiger partial charge in [-0.15, -0.1) is 0 Å². The Morgan fingerprint density at radius 3 is 2.65 bits per heavy atom. The van der Waals surface area contributed by atoms with Gasteiger partial charge in [0.2, 0.25) is 11.7 Å². The van der Waals surface area contributed by atoms with Crippen LogP contribution in [0.25, 0.3) is 11.4 Å². The van der Waals surface area contributed by atoms with Crippen LogP contribution in [0.1, 0.15) is 5.89 Å². The molecule has 0 N–H and O–H groups in total. The Balaban J connectivity index is 1.87. The molecule has 0 aliphatic rings. The molecule has 8 nitrogen and oxygen atoms in total. The molecule has 3 rings (SSSR count). The summed E-state index contributed by atoms with van der Waals surface area (Å²) in [5.74, 6) is 0.507. The van der Waals surface area contributed by atoms with E-state index in [1.807, 2.05) is 0 Å². The highest BCUT2D eigenvalue weighted by Crippen LogP contribution is 2.19. The van der Waals surface area contributed by atoms with Gasteiger partial charge in [-0.25, -0.2) is 0 Å². The second-order valence-electron chi connectivity index (χ2n) is 4.63. The summed E-state index contributed by atoms with van der Waals surface area (Å²) >= 11 is 5.81. The molecule has 0 atom stereocenters. The topological polar surface area (TPSA) is 104 Å². The number of halogens is 1. The summed E-state index contributed by atoms with van der Waals surface area (Å²) in [6, 6.07) is 9.11. The van der Waals surface area contributed by atoms with Crippen LogP contribution < -0.4 is 5.56 Å². The first-order valence-electron chi connectivity index (χ1n) is 6.46. The molecule has 1 aromatic carbocycles. The standard InChI is InChI=1S/C14H9ClN4O4/c15-10-3-1-9(2-4-10)14-16-12(23-17-14)8-18-7-11(19(21)22)5-6-13(18)20/h1-7H,8H2. The smallest absolute Gasteiger partial charge is 0.285 e. The zero-order valence-corrected chi connectivity index (χ0v) is 12.3. The predicted octanol–water partition coefficient (Wildman–Crippen LogP) is 2.51. The van der Waals surface area contributed by atoms with Crippen LogP contribution in [0, 0.1) is 10.1 Å². The summed E-state index contributed by atoms with van der Waals surface area (Å²) in [7, 11) is 0. The molecule has 23 heavy (non-hydrogen) atoms. The minimum Gasteiger partial charge on any atom is -0.337 e. The highest BCUT2D eigenvalue weighted by molar-refractivity contribution is 6.30. The van der Waals surface area contributed by atoms with Crippen molar-refractivity contribution in [2.24, 2.45) is 0 Å². The van der Waals surface area contributed by atoms with Crippen LogP contribution in [0.2, 0.25) is 5.02 Å². The predicted molar refractivity (Wildman–Crippen MR) is 81.2 cm³/mol. The summed E-state index contributed by atoms with van der Waals surface area (Å²) in [4.78, 5) is 26.1. The average molecular weight is 333 g/mol. The summed E-state index contributed by atoms with van der Waals surface area (Å²) in [6.45, 7) is -0.0545. The van der Waals surface area contributed by atoms with Crippen LogP contribution in [-0.4, -0.2) is 19.6 Å². The molecule has 3 aromatic rings. The third-order valence-corrected chi connectivity index (χ3v) is 3.31. The number of aromatic nitrogens is 3. The van der Waals surface area contributed by atoms with Crippen molar-refractivity contribution >= 4 is 17.3 Å². The van der Waals surface area contributed by atoms with E-state index in [1.165, 1.54) is 0 Å². The van der Waals surface area contributed by atoms with E-state index in [-0.39, 0.29) is 18.1 Å². The summed E-state index contributed by atoms with van der Waals surface area (Å²) in [5, 5.41) is 15.2. The molecule has 2 heterocycles. The van der Waals surface area contributed by atoms with E-state index in [0.29, 0.717) is 16.4 Å². The normalized spacial score (nSPS) is 10.7. The van der Waals surface area contributed by atoms with Crippen molar-refractivity contribution in [3.63, 3.8) is 0 Å². The highest BCUT2D eigenvalue weighted by atomic mass is 35.5. The van der Waals surface area contributed by atoms with Gasteiger partial charge in [0, 0.05) is 22.7 Å². The van der Waals surface area contributed by atoms with E-state index in [4.69, 9.17) is 16.1 Å². The molecule has 0 aliphatic heterocycles. The molecule has 0 saturated carbocycles. The third kappa shape index (κ3) is 3.27. The van der Waals surface area contributed by atoms with Crippen LogP contribution in [-0.2, 0) is 6.54 Å². The second-order valence-corrected chi connectivity index (χ2v) is 5.07. The average Bonchev–Trinajstić information content (AvgIpc) is 2.98. The van der Waals surface area contributed by atoms with Crippen molar-refractivity contribution in [1.29, 1.82) is 0 Å². The number of nitro groups is 1. The minimum atomic E-state index is -0.580. The lowest BCUT2D eigenvalue weighted by Gasteiger charge is -2.00. The molecule has 0 bridgehead atoms. The van der Waals surface area contributed by atoms with E-state index in [1.54, 1.807) is 24.3 Å². The number of pyridine rings is 1. The van der Waals surface area contributed by atoms with Gasteiger partial charge in [-0.2, -0.15) is 4.98 Å². The maximum Gasteiger partial charge on any atom is 0.285 e. The van der Waals surface area contributed by atoms with E-state index in [0.717, 1.165) is 22.9 Å². The molecule has 9 heteroatoms. The lowest BCUT2D eigenvalue weighted by molar-refractivity contribution is -0.385. The molecule has 0 aliphatic carbocycles. The van der Waals surface area contributed by atoms with Gasteiger partial charge < -0.3 is 4.52 Å². The van der Waals surface area contributed by atoms with E-state index >= 15 is 0 Å². The zero-order valence-electron chi connectivity index (χ0n) is 11.5. The highest BCUT2D eigenvalue weighted by Gasteiger charge is 2.12. The minimum absolute atomic E-state index is 0.0545. The van der Waals surface area contributed by atoms with Gasteiger partial charge in [-0.05, 0) is 24.3 Å². The van der Waals surface area contributed by atoms with Crippen molar-refractivity contribution in [2.45, 2.75) is 6.54 Å². The molecular weight excluding hydrogens is 324 g/mol. The molecule has 2 aromatic heterocycles. The van der Waals surface area contributed by atoms with Crippen molar-refractivity contribution < 1.29 is 9.45 Å². The fraction of sp³-hybridized carbons (Fsp3) is 0.0714. The van der Waals surface area contributed by atoms with Gasteiger partial charge in [0.25, 0.3) is 11.2 Å². The van der Waals surface area contributed by atoms with Gasteiger partial charge in [-0.3, -0.25) is 19.5 Å². The summed E-state index contributed by atoms with van der Waals surface area (Å²) < 4.78 is 6.22. The largest absolute Gasteiger partial charge is 0.337 e. The van der Waals surface area contributed by atoms with Crippen molar-refractivity contribution in [3.8, 4) is 11.4 Å². The number of rotatable bonds is 4. The first-order chi connectivity index (χ1) is 11.0. The molecule has 0 amide bonds. The maximum absolute atomic E-state index is 11.7. The van der Waals surface area contributed by atoms with Gasteiger partial charge in [0.15, 0.2) is 0 Å². The first kappa shape index (κ1) is 14.9. The van der Waals surface area contributed by atoms with Crippen LogP contribution in [0.3, 0.4) is 0 Å². The van der Waals surface area contributed by atoms with Crippen molar-refractivity contribution in [3.05, 3.63) is 74.0 Å². The molecular formula is C14H9ClN4O4. The molecule has 0 saturated heterocycles. The number of nitrogens with zero attached hydrogens (tertiary/aromatic N) is 4. The fourth-order valence-corrected chi connectivity index (χ4v) is 2.06. The molecule has 0 unspecified atom stereocenters. The van der Waals surface area contributed by atoms with Crippen LogP contribution >= 0.6 is 11.6 Å². The lowest BCUT2D eigenvalue weighted by atomic mass is 10.2. The fourth-order valence-electron chi connectivity index (χ4n) is 1.93. The van der Waals surface area contributed by atoms with Gasteiger partial charge in [0.1, 0.15) is 6.54 Å². The molecule has 116 valence electrons. The Kier molecular flexibility index (Phi) is 3.90. The Bertz CT molecular complexity index is 917. The van der Waals surface area contributed by atoms with Gasteiger partial charge in [-0.1, -0.05) is 16.8 Å². The van der Waals surface area contributed by atoms with E-state index < -0.39 is 10.5 Å². The van der Waals surface area contributed by atoms with Gasteiger partial charge in [0.05, 0.1) is 11.1 Å². The Morgan fingerprint density at radius 2 is 1.96 bits per heavy atom. The zero-order chi connectivity index (χ0) is 16.4. The van der Waals surface area contributed by atoms with Crippen molar-refractivity contribution in [1.82, 2.24) is 14.7 Å². The van der Waals surface area contributed by atoms with Crippen LogP contribution in [0.5, 0.6) is 0 Å². The van der Waals surface area contributed by atoms with Crippen LogP contribution in [0.4, 0.5) is 5.69 Å². The quantitative estimate of drug-likeness (QED) is 0.537. The van der Waals surface area contributed by atoms with Gasteiger partial charge >= 0.3 is 0 Å². The monoisotopic (exact) mass is 332 g/mol. The van der Waals surface area contributed by atoms with E-state index in [2.05, 4.69) is 10.1 Å². The number of benzene rings is 1. The first-order valence-corrected chi connectivity index (χ1v) is 6.84. The molecule has 0 radical (unpaired) electrons. The number of hydrogen-bond acceptors (Lipinski definition) is 6. The Morgan fingerprint density at radius 1 is 1.22 bits per heavy atom. The lowest BCUT2D eigenvalue weighted by Crippen LogP contribution is -2.19. The summed E-state index contributed by atoms with van der Waals surface area (Å²) in [6.07, 6.45) is 1.13. The third-order valence-electron chi connectivity index (χ3n) is 3.05. The second kappa shape index (κ2) is 6.01. The van der Waals surface area contributed by atoms with Crippen LogP contribution in [0.15, 0.2) is 51.9 Å². The molecule has 0 fully saturated rings. The summed E-state index contributed by atoms with van der Waals surface area (Å²) in [5.41, 5.74) is 0.111. The van der Waals surface area contributed by atoms with E-state index in [9.17, 15) is 14.9 Å².